The third-order valence-corrected chi connectivity index (χ3v) is 2.47. The zero-order valence-corrected chi connectivity index (χ0v) is 9.30. The summed E-state index contributed by atoms with van der Waals surface area (Å²) in [5.41, 5.74) is 2.25. The lowest BCUT2D eigenvalue weighted by Gasteiger charge is -2.12. The molecule has 2 aromatic heterocycles. The van der Waals surface area contributed by atoms with Gasteiger partial charge in [0.25, 0.3) is 0 Å². The molecular weight excluding hydrogens is 198 g/mol. The molecule has 0 bridgehead atoms. The highest BCUT2D eigenvalue weighted by molar-refractivity contribution is 5.11. The van der Waals surface area contributed by atoms with Gasteiger partial charge in [0.2, 0.25) is 0 Å². The van der Waals surface area contributed by atoms with Crippen LogP contribution < -0.4 is 5.32 Å². The third kappa shape index (κ3) is 2.87. The van der Waals surface area contributed by atoms with E-state index in [0.717, 1.165) is 12.2 Å². The summed E-state index contributed by atoms with van der Waals surface area (Å²) >= 11 is 0. The zero-order chi connectivity index (χ0) is 11.2. The molecule has 0 saturated carbocycles. The number of rotatable bonds is 4. The molecule has 0 radical (unpaired) electrons. The van der Waals surface area contributed by atoms with Crippen molar-refractivity contribution in [1.29, 1.82) is 0 Å². The Morgan fingerprint density at radius 2 is 2.12 bits per heavy atom. The van der Waals surface area contributed by atoms with Gasteiger partial charge in [0, 0.05) is 31.2 Å². The fourth-order valence-electron chi connectivity index (χ4n) is 1.51. The fraction of sp³-hybridized carbons (Fsp3) is 0.231. The van der Waals surface area contributed by atoms with Gasteiger partial charge >= 0.3 is 0 Å². The van der Waals surface area contributed by atoms with E-state index in [1.165, 1.54) is 5.56 Å². The molecular formula is C13H15N3. The molecule has 0 spiro atoms. The Morgan fingerprint density at radius 3 is 2.81 bits per heavy atom. The van der Waals surface area contributed by atoms with Gasteiger partial charge < -0.3 is 5.32 Å². The third-order valence-electron chi connectivity index (χ3n) is 2.47. The molecule has 82 valence electrons. The van der Waals surface area contributed by atoms with Crippen molar-refractivity contribution in [2.75, 3.05) is 0 Å². The van der Waals surface area contributed by atoms with Crippen molar-refractivity contribution >= 4 is 0 Å². The summed E-state index contributed by atoms with van der Waals surface area (Å²) in [6.45, 7) is 2.92. The van der Waals surface area contributed by atoms with E-state index in [2.05, 4.69) is 28.3 Å². The van der Waals surface area contributed by atoms with Crippen LogP contribution in [0.15, 0.2) is 48.9 Å². The maximum absolute atomic E-state index is 4.31. The Balaban J connectivity index is 1.92. The van der Waals surface area contributed by atoms with Gasteiger partial charge in [-0.15, -0.1) is 0 Å². The standard InChI is InChI=1S/C13H15N3/c1-11(13-6-2-3-8-15-13)16-10-12-5-4-7-14-9-12/h2-9,11,16H,10H2,1H3/t11-/m0/s1. The minimum absolute atomic E-state index is 0.251. The van der Waals surface area contributed by atoms with Gasteiger partial charge in [-0.05, 0) is 30.7 Å². The summed E-state index contributed by atoms with van der Waals surface area (Å²) in [5.74, 6) is 0. The van der Waals surface area contributed by atoms with Crippen molar-refractivity contribution in [2.45, 2.75) is 19.5 Å². The monoisotopic (exact) mass is 213 g/mol. The van der Waals surface area contributed by atoms with Gasteiger partial charge in [0.05, 0.1) is 5.69 Å². The molecule has 1 atom stereocenters. The maximum atomic E-state index is 4.31. The van der Waals surface area contributed by atoms with E-state index in [9.17, 15) is 0 Å². The summed E-state index contributed by atoms with van der Waals surface area (Å²) in [6, 6.07) is 10.2. The van der Waals surface area contributed by atoms with E-state index in [1.54, 1.807) is 6.20 Å². The molecule has 3 heteroatoms. The molecule has 2 aromatic rings. The van der Waals surface area contributed by atoms with Crippen LogP contribution in [0, 0.1) is 0 Å². The molecule has 0 aliphatic carbocycles. The number of nitrogens with zero attached hydrogens (tertiary/aromatic N) is 2. The van der Waals surface area contributed by atoms with E-state index >= 15 is 0 Å². The molecule has 0 fully saturated rings. The normalized spacial score (nSPS) is 12.3. The first-order valence-electron chi connectivity index (χ1n) is 5.39. The van der Waals surface area contributed by atoms with E-state index in [4.69, 9.17) is 0 Å². The van der Waals surface area contributed by atoms with Gasteiger partial charge in [-0.2, -0.15) is 0 Å². The predicted octanol–water partition coefficient (Wildman–Crippen LogP) is 2.33. The van der Waals surface area contributed by atoms with Crippen molar-refractivity contribution in [3.8, 4) is 0 Å². The average Bonchev–Trinajstić information content (AvgIpc) is 2.38. The summed E-state index contributed by atoms with van der Waals surface area (Å²) in [5, 5.41) is 3.41. The van der Waals surface area contributed by atoms with Crippen molar-refractivity contribution in [3.63, 3.8) is 0 Å². The highest BCUT2D eigenvalue weighted by Crippen LogP contribution is 2.08. The number of nitrogens with one attached hydrogen (secondary N) is 1. The molecule has 2 rings (SSSR count). The smallest absolute Gasteiger partial charge is 0.0570 e. The van der Waals surface area contributed by atoms with Crippen LogP contribution in [0.1, 0.15) is 24.2 Å². The Bertz CT molecular complexity index is 414. The lowest BCUT2D eigenvalue weighted by Crippen LogP contribution is -2.18. The van der Waals surface area contributed by atoms with E-state index in [1.807, 2.05) is 36.7 Å². The van der Waals surface area contributed by atoms with Crippen LogP contribution in [0.5, 0.6) is 0 Å². The van der Waals surface area contributed by atoms with Gasteiger partial charge in [0.15, 0.2) is 0 Å². The fourth-order valence-corrected chi connectivity index (χ4v) is 1.51. The number of hydrogen-bond donors (Lipinski definition) is 1. The van der Waals surface area contributed by atoms with Crippen molar-refractivity contribution in [1.82, 2.24) is 15.3 Å². The Labute approximate surface area is 95.6 Å². The number of aromatic nitrogens is 2. The number of pyridine rings is 2. The highest BCUT2D eigenvalue weighted by Gasteiger charge is 2.04. The molecule has 2 heterocycles. The van der Waals surface area contributed by atoms with Gasteiger partial charge in [-0.25, -0.2) is 0 Å². The van der Waals surface area contributed by atoms with Gasteiger partial charge in [-0.1, -0.05) is 12.1 Å². The molecule has 0 unspecified atom stereocenters. The van der Waals surface area contributed by atoms with Crippen molar-refractivity contribution in [3.05, 3.63) is 60.2 Å². The predicted molar refractivity (Wildman–Crippen MR) is 63.7 cm³/mol. The molecule has 0 aliphatic rings. The van der Waals surface area contributed by atoms with Crippen LogP contribution in [0.3, 0.4) is 0 Å². The summed E-state index contributed by atoms with van der Waals surface area (Å²) in [4.78, 5) is 8.39. The Kier molecular flexibility index (Phi) is 3.62. The van der Waals surface area contributed by atoms with Crippen LogP contribution in [0.4, 0.5) is 0 Å². The highest BCUT2D eigenvalue weighted by atomic mass is 14.9. The van der Waals surface area contributed by atoms with E-state index in [-0.39, 0.29) is 6.04 Å². The van der Waals surface area contributed by atoms with Crippen LogP contribution in [-0.4, -0.2) is 9.97 Å². The zero-order valence-electron chi connectivity index (χ0n) is 9.30. The van der Waals surface area contributed by atoms with Crippen LogP contribution >= 0.6 is 0 Å². The first kappa shape index (κ1) is 10.8. The minimum atomic E-state index is 0.251. The van der Waals surface area contributed by atoms with Crippen molar-refractivity contribution < 1.29 is 0 Å². The Morgan fingerprint density at radius 1 is 1.19 bits per heavy atom. The lowest BCUT2D eigenvalue weighted by atomic mass is 10.2. The second-order valence-corrected chi connectivity index (χ2v) is 3.72. The molecule has 0 saturated heterocycles. The van der Waals surface area contributed by atoms with Crippen LogP contribution in [-0.2, 0) is 6.54 Å². The largest absolute Gasteiger partial charge is 0.305 e. The first-order chi connectivity index (χ1) is 7.86. The van der Waals surface area contributed by atoms with Crippen LogP contribution in [0.2, 0.25) is 0 Å². The molecule has 0 amide bonds. The first-order valence-corrected chi connectivity index (χ1v) is 5.39. The van der Waals surface area contributed by atoms with E-state index in [0.29, 0.717) is 0 Å². The second-order valence-electron chi connectivity index (χ2n) is 3.72. The molecule has 0 aromatic carbocycles. The van der Waals surface area contributed by atoms with Crippen LogP contribution in [0.25, 0.3) is 0 Å². The van der Waals surface area contributed by atoms with Gasteiger partial charge in [0.1, 0.15) is 0 Å². The quantitative estimate of drug-likeness (QED) is 0.847. The lowest BCUT2D eigenvalue weighted by molar-refractivity contribution is 0.561. The Hall–Kier alpha value is -1.74. The molecule has 1 N–H and O–H groups in total. The molecule has 16 heavy (non-hydrogen) atoms. The summed E-state index contributed by atoms with van der Waals surface area (Å²) in [6.07, 6.45) is 5.47. The SMILES string of the molecule is C[C@H](NCc1cccnc1)c1ccccn1. The molecule has 0 aliphatic heterocycles. The maximum Gasteiger partial charge on any atom is 0.0570 e. The summed E-state index contributed by atoms with van der Waals surface area (Å²) in [7, 11) is 0. The molecule has 3 nitrogen and oxygen atoms in total. The second kappa shape index (κ2) is 5.37. The average molecular weight is 213 g/mol. The van der Waals surface area contributed by atoms with Gasteiger partial charge in [-0.3, -0.25) is 9.97 Å². The topological polar surface area (TPSA) is 37.8 Å². The van der Waals surface area contributed by atoms with Crippen molar-refractivity contribution in [2.24, 2.45) is 0 Å². The minimum Gasteiger partial charge on any atom is -0.305 e. The van der Waals surface area contributed by atoms with E-state index < -0.39 is 0 Å². The summed E-state index contributed by atoms with van der Waals surface area (Å²) < 4.78 is 0. The number of hydrogen-bond acceptors (Lipinski definition) is 3.